The van der Waals surface area contributed by atoms with Gasteiger partial charge in [-0.3, -0.25) is 4.79 Å². The van der Waals surface area contributed by atoms with Crippen molar-refractivity contribution in [3.05, 3.63) is 30.1 Å². The number of amides is 1. The quantitative estimate of drug-likeness (QED) is 0.830. The second-order valence-electron chi connectivity index (χ2n) is 5.14. The highest BCUT2D eigenvalue weighted by molar-refractivity contribution is 5.97. The van der Waals surface area contributed by atoms with Crippen LogP contribution >= 0.6 is 0 Å². The minimum absolute atomic E-state index is 0.181. The molecule has 3 nitrogen and oxygen atoms in total. The Kier molecular flexibility index (Phi) is 5.48. The van der Waals surface area contributed by atoms with E-state index in [1.54, 1.807) is 0 Å². The van der Waals surface area contributed by atoms with E-state index in [4.69, 9.17) is 0 Å². The van der Waals surface area contributed by atoms with Crippen LogP contribution in [0.15, 0.2) is 24.3 Å². The first kappa shape index (κ1) is 15.6. The second kappa shape index (κ2) is 6.66. The third-order valence-corrected chi connectivity index (χ3v) is 3.36. The molecule has 19 heavy (non-hydrogen) atoms. The third-order valence-electron chi connectivity index (χ3n) is 3.36. The van der Waals surface area contributed by atoms with Crippen molar-refractivity contribution in [2.24, 2.45) is 5.92 Å². The standard InChI is InChI=1S/C15H22FNO2/c1-4-5-10-15(19,11(2)3)14(18)17-13-8-6-12(16)7-9-13/h6-9,11,19H,4-5,10H2,1-3H3,(H,17,18). The Labute approximate surface area is 113 Å². The predicted molar refractivity (Wildman–Crippen MR) is 74.3 cm³/mol. The van der Waals surface area contributed by atoms with E-state index in [0.29, 0.717) is 12.1 Å². The highest BCUT2D eigenvalue weighted by Gasteiger charge is 2.38. The Hall–Kier alpha value is -1.42. The zero-order valence-electron chi connectivity index (χ0n) is 11.7. The first-order chi connectivity index (χ1) is 8.90. The average Bonchev–Trinajstić information content (AvgIpc) is 2.38. The van der Waals surface area contributed by atoms with Gasteiger partial charge in [0.05, 0.1) is 0 Å². The average molecular weight is 267 g/mol. The lowest BCUT2D eigenvalue weighted by atomic mass is 9.84. The number of rotatable bonds is 6. The number of nitrogens with one attached hydrogen (secondary N) is 1. The van der Waals surface area contributed by atoms with Crippen LogP contribution in [0.3, 0.4) is 0 Å². The maximum absolute atomic E-state index is 12.8. The predicted octanol–water partition coefficient (Wildman–Crippen LogP) is 3.34. The Bertz CT molecular complexity index is 417. The van der Waals surface area contributed by atoms with E-state index in [-0.39, 0.29) is 11.7 Å². The summed E-state index contributed by atoms with van der Waals surface area (Å²) in [6.07, 6.45) is 2.12. The minimum atomic E-state index is -1.38. The van der Waals surface area contributed by atoms with E-state index >= 15 is 0 Å². The normalized spacial score (nSPS) is 14.2. The maximum atomic E-state index is 12.8. The largest absolute Gasteiger partial charge is 0.380 e. The summed E-state index contributed by atoms with van der Waals surface area (Å²) in [6.45, 7) is 5.65. The van der Waals surface area contributed by atoms with Gasteiger partial charge in [0.15, 0.2) is 0 Å². The Morgan fingerprint density at radius 3 is 2.42 bits per heavy atom. The summed E-state index contributed by atoms with van der Waals surface area (Å²) in [7, 11) is 0. The van der Waals surface area contributed by atoms with Crippen LogP contribution < -0.4 is 5.32 Å². The lowest BCUT2D eigenvalue weighted by Crippen LogP contribution is -2.47. The fraction of sp³-hybridized carbons (Fsp3) is 0.533. The van der Waals surface area contributed by atoms with Gasteiger partial charge in [0.25, 0.3) is 5.91 Å². The number of unbranched alkanes of at least 4 members (excludes halogenated alkanes) is 1. The Morgan fingerprint density at radius 2 is 1.95 bits per heavy atom. The summed E-state index contributed by atoms with van der Waals surface area (Å²) < 4.78 is 12.8. The van der Waals surface area contributed by atoms with Gasteiger partial charge < -0.3 is 10.4 Å². The molecule has 106 valence electrons. The van der Waals surface area contributed by atoms with Crippen LogP contribution in [0, 0.1) is 11.7 Å². The molecule has 0 heterocycles. The topological polar surface area (TPSA) is 49.3 Å². The zero-order valence-corrected chi connectivity index (χ0v) is 11.7. The van der Waals surface area contributed by atoms with Crippen LogP contribution in [0.1, 0.15) is 40.0 Å². The highest BCUT2D eigenvalue weighted by Crippen LogP contribution is 2.25. The smallest absolute Gasteiger partial charge is 0.256 e. The maximum Gasteiger partial charge on any atom is 0.256 e. The molecule has 0 aliphatic rings. The second-order valence-corrected chi connectivity index (χ2v) is 5.14. The fourth-order valence-corrected chi connectivity index (χ4v) is 1.88. The van der Waals surface area contributed by atoms with Crippen LogP contribution in [0.4, 0.5) is 10.1 Å². The fourth-order valence-electron chi connectivity index (χ4n) is 1.88. The molecule has 0 saturated carbocycles. The van der Waals surface area contributed by atoms with E-state index in [0.717, 1.165) is 12.8 Å². The minimum Gasteiger partial charge on any atom is -0.380 e. The Balaban J connectivity index is 2.80. The van der Waals surface area contributed by atoms with Gasteiger partial charge in [0.2, 0.25) is 0 Å². The molecule has 1 amide bonds. The zero-order chi connectivity index (χ0) is 14.5. The molecule has 0 saturated heterocycles. The lowest BCUT2D eigenvalue weighted by molar-refractivity contribution is -0.139. The van der Waals surface area contributed by atoms with Gasteiger partial charge >= 0.3 is 0 Å². The molecule has 1 aromatic rings. The van der Waals surface area contributed by atoms with Crippen molar-refractivity contribution in [3.63, 3.8) is 0 Å². The van der Waals surface area contributed by atoms with Crippen molar-refractivity contribution in [2.75, 3.05) is 5.32 Å². The summed E-state index contributed by atoms with van der Waals surface area (Å²) in [6, 6.07) is 5.51. The van der Waals surface area contributed by atoms with Crippen molar-refractivity contribution in [1.29, 1.82) is 0 Å². The van der Waals surface area contributed by atoms with Crippen molar-refractivity contribution >= 4 is 11.6 Å². The summed E-state index contributed by atoms with van der Waals surface area (Å²) in [5, 5.41) is 13.2. The molecule has 0 aliphatic heterocycles. The number of hydrogen-bond acceptors (Lipinski definition) is 2. The number of aliphatic hydroxyl groups is 1. The molecule has 4 heteroatoms. The van der Waals surface area contributed by atoms with Crippen LogP contribution in [0.25, 0.3) is 0 Å². The van der Waals surface area contributed by atoms with Crippen molar-refractivity contribution in [1.82, 2.24) is 0 Å². The molecular formula is C15H22FNO2. The monoisotopic (exact) mass is 267 g/mol. The molecule has 1 rings (SSSR count). The molecule has 1 unspecified atom stereocenters. The van der Waals surface area contributed by atoms with Gasteiger partial charge in [-0.25, -0.2) is 4.39 Å². The van der Waals surface area contributed by atoms with Crippen LogP contribution in [-0.2, 0) is 4.79 Å². The number of hydrogen-bond donors (Lipinski definition) is 2. The van der Waals surface area contributed by atoms with Gasteiger partial charge in [-0.2, -0.15) is 0 Å². The third kappa shape index (κ3) is 4.03. The van der Waals surface area contributed by atoms with Crippen LogP contribution in [0.2, 0.25) is 0 Å². The summed E-state index contributed by atoms with van der Waals surface area (Å²) in [5.41, 5.74) is -0.897. The summed E-state index contributed by atoms with van der Waals surface area (Å²) in [4.78, 5) is 12.2. The molecule has 0 aliphatic carbocycles. The van der Waals surface area contributed by atoms with E-state index < -0.39 is 11.5 Å². The van der Waals surface area contributed by atoms with Gasteiger partial charge in [0, 0.05) is 5.69 Å². The Morgan fingerprint density at radius 1 is 1.37 bits per heavy atom. The van der Waals surface area contributed by atoms with Crippen LogP contribution in [-0.4, -0.2) is 16.6 Å². The van der Waals surface area contributed by atoms with E-state index in [1.165, 1.54) is 24.3 Å². The molecule has 0 fully saturated rings. The van der Waals surface area contributed by atoms with E-state index in [2.05, 4.69) is 5.32 Å². The number of carbonyl (C=O) groups is 1. The molecular weight excluding hydrogens is 245 g/mol. The molecule has 1 atom stereocenters. The summed E-state index contributed by atoms with van der Waals surface area (Å²) in [5.74, 6) is -0.967. The number of carbonyl (C=O) groups excluding carboxylic acids is 1. The summed E-state index contributed by atoms with van der Waals surface area (Å²) >= 11 is 0. The van der Waals surface area contributed by atoms with Gasteiger partial charge in [-0.05, 0) is 36.6 Å². The first-order valence-corrected chi connectivity index (χ1v) is 6.69. The number of halogens is 1. The number of anilines is 1. The molecule has 1 aromatic carbocycles. The molecule has 0 radical (unpaired) electrons. The highest BCUT2D eigenvalue weighted by atomic mass is 19.1. The van der Waals surface area contributed by atoms with Gasteiger partial charge in [0.1, 0.15) is 11.4 Å². The molecule has 0 bridgehead atoms. The molecule has 0 spiro atoms. The molecule has 0 aromatic heterocycles. The lowest BCUT2D eigenvalue weighted by Gasteiger charge is -2.30. The van der Waals surface area contributed by atoms with E-state index in [9.17, 15) is 14.3 Å². The number of benzene rings is 1. The van der Waals surface area contributed by atoms with Crippen molar-refractivity contribution < 1.29 is 14.3 Å². The SMILES string of the molecule is CCCCC(O)(C(=O)Nc1ccc(F)cc1)C(C)C. The van der Waals surface area contributed by atoms with Crippen molar-refractivity contribution in [2.45, 2.75) is 45.6 Å². The molecule has 2 N–H and O–H groups in total. The first-order valence-electron chi connectivity index (χ1n) is 6.69. The van der Waals surface area contributed by atoms with Crippen molar-refractivity contribution in [3.8, 4) is 0 Å². The van der Waals surface area contributed by atoms with E-state index in [1.807, 2.05) is 20.8 Å². The van der Waals surface area contributed by atoms with Gasteiger partial charge in [-0.15, -0.1) is 0 Å². The van der Waals surface area contributed by atoms with Gasteiger partial charge in [-0.1, -0.05) is 33.6 Å². The van der Waals surface area contributed by atoms with Crippen LogP contribution in [0.5, 0.6) is 0 Å².